The lowest BCUT2D eigenvalue weighted by atomic mass is 9.95. The summed E-state index contributed by atoms with van der Waals surface area (Å²) >= 11 is 0. The number of carboxylic acids is 1. The number of piperidine rings is 1. The van der Waals surface area contributed by atoms with Crippen molar-refractivity contribution in [2.75, 3.05) is 13.6 Å². The van der Waals surface area contributed by atoms with Gasteiger partial charge < -0.3 is 10.0 Å². The molecule has 0 aromatic heterocycles. The maximum atomic E-state index is 10.9. The Morgan fingerprint density at radius 1 is 1.35 bits per heavy atom. The van der Waals surface area contributed by atoms with Crippen LogP contribution in [0.4, 0.5) is 0 Å². The molecule has 2 saturated heterocycles. The number of hydrogen-bond acceptors (Lipinski definition) is 3. The fourth-order valence-corrected chi connectivity index (χ4v) is 3.54. The van der Waals surface area contributed by atoms with Crippen molar-refractivity contribution in [3.63, 3.8) is 0 Å². The van der Waals surface area contributed by atoms with Crippen LogP contribution in [0.3, 0.4) is 0 Å². The number of rotatable bonds is 4. The van der Waals surface area contributed by atoms with Gasteiger partial charge in [-0.25, -0.2) is 0 Å². The molecule has 2 atom stereocenters. The topological polar surface area (TPSA) is 43.8 Å². The van der Waals surface area contributed by atoms with E-state index >= 15 is 0 Å². The highest BCUT2D eigenvalue weighted by Gasteiger charge is 2.41. The van der Waals surface area contributed by atoms with Gasteiger partial charge in [0.1, 0.15) is 0 Å². The Balaban J connectivity index is 2.03. The van der Waals surface area contributed by atoms with Gasteiger partial charge in [0, 0.05) is 24.2 Å². The van der Waals surface area contributed by atoms with E-state index in [9.17, 15) is 4.79 Å². The third kappa shape index (κ3) is 2.63. The van der Waals surface area contributed by atoms with Crippen LogP contribution in [0.2, 0.25) is 0 Å². The van der Waals surface area contributed by atoms with E-state index in [1.165, 1.54) is 12.8 Å². The van der Waals surface area contributed by atoms with Crippen LogP contribution >= 0.6 is 0 Å². The summed E-state index contributed by atoms with van der Waals surface area (Å²) in [6.45, 7) is 4.39. The number of fused-ring (bicyclic) bond motifs is 2. The summed E-state index contributed by atoms with van der Waals surface area (Å²) in [5.41, 5.74) is 0. The van der Waals surface area contributed by atoms with Crippen molar-refractivity contribution in [2.45, 2.75) is 63.7 Å². The van der Waals surface area contributed by atoms with Crippen molar-refractivity contribution in [3.8, 4) is 0 Å². The first-order valence-corrected chi connectivity index (χ1v) is 6.68. The number of hydrogen-bond donors (Lipinski definition) is 1. The highest BCUT2D eigenvalue weighted by Crippen LogP contribution is 2.36. The van der Waals surface area contributed by atoms with Gasteiger partial charge >= 0.3 is 5.97 Å². The number of carbonyl (C=O) groups is 1. The molecular weight excluding hydrogens is 216 g/mol. The molecule has 0 radical (unpaired) electrons. The molecule has 2 aliphatic heterocycles. The minimum Gasteiger partial charge on any atom is -0.480 e. The van der Waals surface area contributed by atoms with E-state index in [0.717, 1.165) is 12.8 Å². The Hall–Kier alpha value is -0.610. The molecule has 0 amide bonds. The van der Waals surface area contributed by atoms with Crippen molar-refractivity contribution >= 4 is 5.97 Å². The molecule has 2 aliphatic rings. The molecule has 0 aromatic rings. The van der Waals surface area contributed by atoms with E-state index in [1.54, 1.807) is 0 Å². The zero-order valence-corrected chi connectivity index (χ0v) is 11.1. The maximum Gasteiger partial charge on any atom is 0.317 e. The van der Waals surface area contributed by atoms with E-state index in [4.69, 9.17) is 5.11 Å². The number of aliphatic carboxylic acids is 1. The van der Waals surface area contributed by atoms with Gasteiger partial charge in [-0.1, -0.05) is 0 Å². The summed E-state index contributed by atoms with van der Waals surface area (Å²) in [6, 6.07) is 2.13. The highest BCUT2D eigenvalue weighted by molar-refractivity contribution is 5.69. The molecule has 98 valence electrons. The first-order chi connectivity index (χ1) is 7.99. The van der Waals surface area contributed by atoms with E-state index < -0.39 is 5.97 Å². The molecule has 0 aliphatic carbocycles. The Kier molecular flexibility index (Phi) is 3.73. The number of nitrogens with zero attached hydrogens (tertiary/aromatic N) is 2. The van der Waals surface area contributed by atoms with Crippen LogP contribution in [0.15, 0.2) is 0 Å². The molecule has 2 unspecified atom stereocenters. The van der Waals surface area contributed by atoms with Crippen LogP contribution in [0.1, 0.15) is 39.5 Å². The molecule has 4 heteroatoms. The van der Waals surface area contributed by atoms with Crippen LogP contribution in [-0.2, 0) is 4.79 Å². The second kappa shape index (κ2) is 4.94. The van der Waals surface area contributed by atoms with Crippen LogP contribution in [0.25, 0.3) is 0 Å². The van der Waals surface area contributed by atoms with Crippen LogP contribution in [0, 0.1) is 0 Å². The van der Waals surface area contributed by atoms with Gasteiger partial charge in [0.15, 0.2) is 0 Å². The Labute approximate surface area is 104 Å². The molecule has 2 bridgehead atoms. The SMILES string of the molecule is CC(C)N(CC(=O)O)C1CC2CCC(C1)N2C. The average molecular weight is 240 g/mol. The van der Waals surface area contributed by atoms with Gasteiger partial charge in [0.05, 0.1) is 6.54 Å². The molecule has 0 saturated carbocycles. The minimum absolute atomic E-state index is 0.186. The Morgan fingerprint density at radius 2 is 1.88 bits per heavy atom. The van der Waals surface area contributed by atoms with Crippen LogP contribution < -0.4 is 0 Å². The van der Waals surface area contributed by atoms with Gasteiger partial charge in [-0.05, 0) is 46.6 Å². The van der Waals surface area contributed by atoms with E-state index in [1.807, 2.05) is 0 Å². The molecule has 2 heterocycles. The second-order valence-corrected chi connectivity index (χ2v) is 5.84. The first-order valence-electron chi connectivity index (χ1n) is 6.68. The summed E-state index contributed by atoms with van der Waals surface area (Å²) < 4.78 is 0. The quantitative estimate of drug-likeness (QED) is 0.807. The maximum absolute atomic E-state index is 10.9. The third-order valence-electron chi connectivity index (χ3n) is 4.52. The van der Waals surface area contributed by atoms with Crippen LogP contribution in [-0.4, -0.2) is 58.6 Å². The lowest BCUT2D eigenvalue weighted by Crippen LogP contribution is -2.52. The molecule has 0 aromatic carbocycles. The van der Waals surface area contributed by atoms with Crippen LogP contribution in [0.5, 0.6) is 0 Å². The molecule has 4 nitrogen and oxygen atoms in total. The van der Waals surface area contributed by atoms with Crippen molar-refractivity contribution < 1.29 is 9.90 Å². The van der Waals surface area contributed by atoms with Crippen molar-refractivity contribution in [1.29, 1.82) is 0 Å². The zero-order chi connectivity index (χ0) is 12.6. The number of carboxylic acid groups (broad SMARTS) is 1. The smallest absolute Gasteiger partial charge is 0.317 e. The summed E-state index contributed by atoms with van der Waals surface area (Å²) in [5, 5.41) is 9.01. The third-order valence-corrected chi connectivity index (χ3v) is 4.52. The fraction of sp³-hybridized carbons (Fsp3) is 0.923. The molecule has 1 N–H and O–H groups in total. The Morgan fingerprint density at radius 3 is 2.29 bits per heavy atom. The van der Waals surface area contributed by atoms with Crippen molar-refractivity contribution in [1.82, 2.24) is 9.80 Å². The summed E-state index contributed by atoms with van der Waals surface area (Å²) in [4.78, 5) is 15.6. The second-order valence-electron chi connectivity index (χ2n) is 5.84. The van der Waals surface area contributed by atoms with Crippen molar-refractivity contribution in [2.24, 2.45) is 0 Å². The largest absolute Gasteiger partial charge is 0.480 e. The predicted octanol–water partition coefficient (Wildman–Crippen LogP) is 1.41. The van der Waals surface area contributed by atoms with Gasteiger partial charge in [-0.15, -0.1) is 0 Å². The molecule has 2 rings (SSSR count). The summed E-state index contributed by atoms with van der Waals surface area (Å²) in [7, 11) is 2.22. The molecular formula is C13H24N2O2. The molecule has 2 fully saturated rings. The minimum atomic E-state index is -0.704. The van der Waals surface area contributed by atoms with E-state index in [2.05, 4.69) is 30.7 Å². The molecule has 17 heavy (non-hydrogen) atoms. The first kappa shape index (κ1) is 12.8. The Bertz CT molecular complexity index is 279. The van der Waals surface area contributed by atoms with E-state index in [-0.39, 0.29) is 6.54 Å². The monoisotopic (exact) mass is 240 g/mol. The fourth-order valence-electron chi connectivity index (χ4n) is 3.54. The summed E-state index contributed by atoms with van der Waals surface area (Å²) in [6.07, 6.45) is 4.85. The molecule has 0 spiro atoms. The standard InChI is InChI=1S/C13H24N2O2/c1-9(2)15(8-13(16)17)12-6-10-4-5-11(7-12)14(10)3/h9-12H,4-8H2,1-3H3,(H,16,17). The van der Waals surface area contributed by atoms with Gasteiger partial charge in [0.25, 0.3) is 0 Å². The lowest BCUT2D eigenvalue weighted by Gasteiger charge is -2.42. The van der Waals surface area contributed by atoms with Crippen molar-refractivity contribution in [3.05, 3.63) is 0 Å². The normalized spacial score (nSPS) is 33.6. The van der Waals surface area contributed by atoms with E-state index in [0.29, 0.717) is 24.2 Å². The van der Waals surface area contributed by atoms with Gasteiger partial charge in [-0.2, -0.15) is 0 Å². The zero-order valence-electron chi connectivity index (χ0n) is 11.1. The van der Waals surface area contributed by atoms with Gasteiger partial charge in [0.2, 0.25) is 0 Å². The lowest BCUT2D eigenvalue weighted by molar-refractivity contribution is -0.140. The summed E-state index contributed by atoms with van der Waals surface area (Å²) in [5.74, 6) is -0.704. The van der Waals surface area contributed by atoms with Gasteiger partial charge in [-0.3, -0.25) is 9.69 Å². The highest BCUT2D eigenvalue weighted by atomic mass is 16.4. The average Bonchev–Trinajstić information content (AvgIpc) is 2.50. The predicted molar refractivity (Wildman–Crippen MR) is 67.1 cm³/mol.